The Bertz CT molecular complexity index is 1680. The van der Waals surface area contributed by atoms with E-state index < -0.39 is 85.2 Å². The van der Waals surface area contributed by atoms with Crippen LogP contribution in [0.15, 0.2) is 31.6 Å². The number of hydrogen-bond donors (Lipinski definition) is 6. The zero-order valence-electron chi connectivity index (χ0n) is 23.5. The number of thioether (sulfide) groups is 1. The molecule has 2 unspecified atom stereocenters. The molecule has 0 saturated carbocycles. The number of aliphatic hydroxyl groups excluding tert-OH is 3. The van der Waals surface area contributed by atoms with Crippen molar-refractivity contribution in [3.63, 3.8) is 0 Å². The number of H-pyrrole nitrogens is 2. The second-order valence-electron chi connectivity index (χ2n) is 10.0. The molecule has 44 heavy (non-hydrogen) atoms. The second-order valence-corrected chi connectivity index (χ2v) is 15.5. The van der Waals surface area contributed by atoms with Gasteiger partial charge in [-0.1, -0.05) is 11.8 Å². The van der Waals surface area contributed by atoms with E-state index in [1.165, 1.54) is 27.0 Å². The first kappa shape index (κ1) is 34.5. The van der Waals surface area contributed by atoms with Crippen LogP contribution in [0, 0.1) is 13.8 Å². The quantitative estimate of drug-likeness (QED) is 0.119. The molecule has 244 valence electrons. The molecule has 0 bridgehead atoms. The van der Waals surface area contributed by atoms with Gasteiger partial charge < -0.3 is 29.9 Å². The highest BCUT2D eigenvalue weighted by atomic mass is 32.7. The van der Waals surface area contributed by atoms with Gasteiger partial charge in [-0.3, -0.25) is 42.5 Å². The molecular formula is C23H31N4O14PS2. The van der Waals surface area contributed by atoms with Crippen molar-refractivity contribution in [3.05, 3.63) is 65.2 Å². The Balaban J connectivity index is 1.57. The maximum absolute atomic E-state index is 14.0. The summed E-state index contributed by atoms with van der Waals surface area (Å²) in [7, 11) is 0. The lowest BCUT2D eigenvalue weighted by Gasteiger charge is -2.32. The number of carbonyl (C=O) groups is 1. The summed E-state index contributed by atoms with van der Waals surface area (Å²) in [5.41, 5.74) is -2.72. The average Bonchev–Trinajstić information content (AvgIpc) is 3.46. The van der Waals surface area contributed by atoms with Crippen LogP contribution in [0.3, 0.4) is 0 Å². The van der Waals surface area contributed by atoms with Crippen molar-refractivity contribution < 1.29 is 48.3 Å². The molecule has 8 atom stereocenters. The maximum atomic E-state index is 14.0. The van der Waals surface area contributed by atoms with Crippen LogP contribution in [0.1, 0.15) is 43.3 Å². The van der Waals surface area contributed by atoms with Crippen LogP contribution >= 0.6 is 29.9 Å². The van der Waals surface area contributed by atoms with E-state index in [4.69, 9.17) is 18.5 Å². The van der Waals surface area contributed by atoms with Crippen molar-refractivity contribution in [1.29, 1.82) is 0 Å². The minimum absolute atomic E-state index is 0.131. The number of nitrogens with one attached hydrogen (secondary N) is 2. The third kappa shape index (κ3) is 7.53. The summed E-state index contributed by atoms with van der Waals surface area (Å²) in [6.45, 7) is -1.53. The van der Waals surface area contributed by atoms with E-state index >= 15 is 0 Å². The predicted molar refractivity (Wildman–Crippen MR) is 154 cm³/mol. The summed E-state index contributed by atoms with van der Waals surface area (Å²) in [5.74, 6) is -2.59. The van der Waals surface area contributed by atoms with Crippen LogP contribution in [0.2, 0.25) is 0 Å². The molecule has 4 heterocycles. The summed E-state index contributed by atoms with van der Waals surface area (Å²) < 4.78 is 37.9. The van der Waals surface area contributed by atoms with Gasteiger partial charge in [-0.2, -0.15) is 0 Å². The molecule has 0 aliphatic carbocycles. The summed E-state index contributed by atoms with van der Waals surface area (Å²) in [4.78, 5) is 63.9. The van der Waals surface area contributed by atoms with Crippen LogP contribution in [0.25, 0.3) is 0 Å². The van der Waals surface area contributed by atoms with Gasteiger partial charge in [0.1, 0.15) is 24.7 Å². The number of ether oxygens (including phenoxy) is 2. The van der Waals surface area contributed by atoms with Crippen molar-refractivity contribution in [2.75, 3.05) is 11.7 Å². The standard InChI is InChI=1S/C23H31N4O14PS2/c1-10-6-26(21(34)24-18(10)31)15-4-13(30)17(39-15)20(33)40-42(37,44-9-43-12(3)29)41-23(36)5-16(38-14(23)8-28)27-7-11(2)19(32)25-22(27)35/h6-7,13-17,20,28,30,33,36H,4-5,8-9H2,1-3H3,(H,24,31,34)(H,25,32,35)/t13-,14+,15+,16+,17-,20?,23+,42?/m0/s1. The van der Waals surface area contributed by atoms with E-state index in [0.29, 0.717) is 23.1 Å². The summed E-state index contributed by atoms with van der Waals surface area (Å²) in [5, 5.41) is 42.1. The number of aromatic amines is 2. The molecule has 0 amide bonds. The zero-order valence-corrected chi connectivity index (χ0v) is 26.0. The van der Waals surface area contributed by atoms with E-state index in [9.17, 15) is 49.0 Å². The Morgan fingerprint density at radius 3 is 2.23 bits per heavy atom. The van der Waals surface area contributed by atoms with Gasteiger partial charge in [0.25, 0.3) is 11.1 Å². The van der Waals surface area contributed by atoms with Crippen molar-refractivity contribution in [3.8, 4) is 0 Å². The molecule has 2 aromatic rings. The fourth-order valence-corrected chi connectivity index (χ4v) is 9.65. The van der Waals surface area contributed by atoms with Gasteiger partial charge in [-0.25, -0.2) is 14.2 Å². The fraction of sp³-hybridized carbons (Fsp3) is 0.609. The smallest absolute Gasteiger partial charge is 0.393 e. The van der Waals surface area contributed by atoms with Gasteiger partial charge in [0.05, 0.1) is 24.2 Å². The third-order valence-electron chi connectivity index (χ3n) is 6.77. The lowest BCUT2D eigenvalue weighted by atomic mass is 10.1. The first-order valence-corrected chi connectivity index (χ1v) is 17.1. The minimum atomic E-state index is -4.74. The Hall–Kier alpha value is -2.36. The van der Waals surface area contributed by atoms with Crippen molar-refractivity contribution in [1.82, 2.24) is 19.1 Å². The van der Waals surface area contributed by atoms with Gasteiger partial charge in [0.15, 0.2) is 11.4 Å². The number of carbonyl (C=O) groups excluding carboxylic acids is 1. The Kier molecular flexibility index (Phi) is 10.6. The molecule has 0 aromatic carbocycles. The molecule has 2 aliphatic heterocycles. The molecule has 18 nitrogen and oxygen atoms in total. The Labute approximate surface area is 255 Å². The Morgan fingerprint density at radius 2 is 1.68 bits per heavy atom. The number of hydrogen-bond acceptors (Lipinski definition) is 16. The molecule has 0 spiro atoms. The number of aryl methyl sites for hydroxylation is 2. The average molecular weight is 683 g/mol. The SMILES string of the molecule is CC(=O)SCSP(=O)(OC(O)[C@H]1O[C@@H](n2cc(C)c(=O)[nH]c2=O)C[C@@H]1O)O[C@]1(O)C[C@H](n2cc(C)c(=O)[nH]c2=O)O[C@@H]1CO. The molecule has 4 rings (SSSR count). The zero-order chi connectivity index (χ0) is 32.6. The molecule has 2 fully saturated rings. The fourth-order valence-electron chi connectivity index (χ4n) is 4.51. The van der Waals surface area contributed by atoms with Crippen molar-refractivity contribution in [2.45, 2.75) is 76.5 Å². The van der Waals surface area contributed by atoms with E-state index in [1.807, 2.05) is 0 Å². The molecular weight excluding hydrogens is 651 g/mol. The third-order valence-corrected chi connectivity index (χ3v) is 11.8. The molecule has 21 heteroatoms. The van der Waals surface area contributed by atoms with Gasteiger partial charge in [-0.05, 0) is 25.2 Å². The van der Waals surface area contributed by atoms with Gasteiger partial charge >= 0.3 is 18.2 Å². The molecule has 2 aromatic heterocycles. The molecule has 2 saturated heterocycles. The van der Waals surface area contributed by atoms with Crippen LogP contribution in [-0.2, 0) is 27.9 Å². The lowest BCUT2D eigenvalue weighted by Crippen LogP contribution is -2.43. The van der Waals surface area contributed by atoms with Crippen molar-refractivity contribution in [2.24, 2.45) is 0 Å². The van der Waals surface area contributed by atoms with Gasteiger partial charge in [-0.15, -0.1) is 0 Å². The monoisotopic (exact) mass is 682 g/mol. The number of aromatic nitrogens is 4. The summed E-state index contributed by atoms with van der Waals surface area (Å²) in [6, 6.07) is 0. The highest BCUT2D eigenvalue weighted by Crippen LogP contribution is 2.66. The van der Waals surface area contributed by atoms with Crippen molar-refractivity contribution >= 4 is 35.1 Å². The normalized spacial score (nSPS) is 29.0. The van der Waals surface area contributed by atoms with E-state index in [-0.39, 0.29) is 27.7 Å². The largest absolute Gasteiger partial charge is 0.394 e. The van der Waals surface area contributed by atoms with E-state index in [2.05, 4.69) is 9.97 Å². The van der Waals surface area contributed by atoms with Crippen LogP contribution in [0.5, 0.6) is 0 Å². The maximum Gasteiger partial charge on any atom is 0.394 e. The number of nitrogens with zero attached hydrogens (tertiary/aromatic N) is 2. The van der Waals surface area contributed by atoms with Crippen LogP contribution in [0.4, 0.5) is 0 Å². The molecule has 6 N–H and O–H groups in total. The number of aliphatic hydroxyl groups is 4. The molecule has 2 aliphatic rings. The topological polar surface area (TPSA) is 262 Å². The van der Waals surface area contributed by atoms with E-state index in [1.54, 1.807) is 0 Å². The minimum Gasteiger partial charge on any atom is -0.393 e. The number of rotatable bonds is 11. The van der Waals surface area contributed by atoms with Gasteiger partial charge in [0, 0.05) is 36.9 Å². The summed E-state index contributed by atoms with van der Waals surface area (Å²) >= 11 is 1.10. The first-order chi connectivity index (χ1) is 20.6. The van der Waals surface area contributed by atoms with Crippen LogP contribution in [-0.4, -0.2) is 86.7 Å². The Morgan fingerprint density at radius 1 is 1.11 bits per heavy atom. The lowest BCUT2D eigenvalue weighted by molar-refractivity contribution is -0.199. The predicted octanol–water partition coefficient (Wildman–Crippen LogP) is -1.25. The highest BCUT2D eigenvalue weighted by Gasteiger charge is 2.55. The van der Waals surface area contributed by atoms with Crippen LogP contribution < -0.4 is 22.5 Å². The van der Waals surface area contributed by atoms with E-state index in [0.717, 1.165) is 15.3 Å². The summed E-state index contributed by atoms with van der Waals surface area (Å²) in [6.07, 6.45) is -7.82. The second kappa shape index (κ2) is 13.6. The van der Waals surface area contributed by atoms with Gasteiger partial charge in [0.2, 0.25) is 5.79 Å². The first-order valence-electron chi connectivity index (χ1n) is 13.0. The molecule has 0 radical (unpaired) electrons. The highest BCUT2D eigenvalue weighted by molar-refractivity contribution is 8.58.